The predicted octanol–water partition coefficient (Wildman–Crippen LogP) is 1.65. The number of amides is 3. The first kappa shape index (κ1) is 18.0. The number of rotatable bonds is 5. The molecule has 7 heteroatoms. The van der Waals surface area contributed by atoms with E-state index in [0.717, 1.165) is 0 Å². The van der Waals surface area contributed by atoms with Crippen molar-refractivity contribution in [2.75, 3.05) is 0 Å². The van der Waals surface area contributed by atoms with E-state index in [0.29, 0.717) is 17.0 Å². The molecule has 0 radical (unpaired) electrons. The van der Waals surface area contributed by atoms with Crippen LogP contribution in [0.15, 0.2) is 24.3 Å². The first-order valence-corrected chi connectivity index (χ1v) is 7.30. The Kier molecular flexibility index (Phi) is 6.85. The Morgan fingerprint density at radius 1 is 1.09 bits per heavy atom. The number of nitrogens with one attached hydrogen (secondary N) is 3. The second-order valence-corrected chi connectivity index (χ2v) is 5.77. The average molecular weight is 326 g/mol. The van der Waals surface area contributed by atoms with Crippen LogP contribution in [0.5, 0.6) is 0 Å². The fourth-order valence-electron chi connectivity index (χ4n) is 1.78. The van der Waals surface area contributed by atoms with Crippen LogP contribution in [0.2, 0.25) is 5.02 Å². The maximum absolute atomic E-state index is 12.2. The Morgan fingerprint density at radius 2 is 1.68 bits per heavy atom. The SMILES string of the molecule is CC(=O)NNC(=O)C(CC(C)C)NC(=O)c1ccc(Cl)cc1. The zero-order chi connectivity index (χ0) is 16.7. The standard InChI is InChI=1S/C15H20ClN3O3/c1-9(2)8-13(15(22)19-18-10(3)20)17-14(21)11-4-6-12(16)7-5-11/h4-7,9,13H,8H2,1-3H3,(H,17,21)(H,18,20)(H,19,22). The second-order valence-electron chi connectivity index (χ2n) is 5.33. The summed E-state index contributed by atoms with van der Waals surface area (Å²) in [7, 11) is 0. The van der Waals surface area contributed by atoms with Gasteiger partial charge in [-0.15, -0.1) is 0 Å². The summed E-state index contributed by atoms with van der Waals surface area (Å²) in [4.78, 5) is 35.1. The van der Waals surface area contributed by atoms with Gasteiger partial charge in [-0.3, -0.25) is 25.2 Å². The smallest absolute Gasteiger partial charge is 0.260 e. The molecule has 0 aliphatic rings. The van der Waals surface area contributed by atoms with Gasteiger partial charge in [0.2, 0.25) is 5.91 Å². The van der Waals surface area contributed by atoms with Gasteiger partial charge in [0.05, 0.1) is 0 Å². The van der Waals surface area contributed by atoms with E-state index in [2.05, 4.69) is 16.2 Å². The van der Waals surface area contributed by atoms with Crippen LogP contribution < -0.4 is 16.2 Å². The lowest BCUT2D eigenvalue weighted by Crippen LogP contribution is -2.52. The summed E-state index contributed by atoms with van der Waals surface area (Å²) < 4.78 is 0. The molecule has 0 aliphatic heterocycles. The summed E-state index contributed by atoms with van der Waals surface area (Å²) in [6, 6.07) is 5.62. The summed E-state index contributed by atoms with van der Waals surface area (Å²) in [6.07, 6.45) is 0.449. The minimum absolute atomic E-state index is 0.193. The van der Waals surface area contributed by atoms with Gasteiger partial charge in [0.15, 0.2) is 0 Å². The van der Waals surface area contributed by atoms with E-state index in [1.165, 1.54) is 6.92 Å². The van der Waals surface area contributed by atoms with Crippen LogP contribution in [0.4, 0.5) is 0 Å². The van der Waals surface area contributed by atoms with Gasteiger partial charge in [0.25, 0.3) is 11.8 Å². The molecular weight excluding hydrogens is 306 g/mol. The molecule has 1 aromatic carbocycles. The number of hydrazine groups is 1. The van der Waals surface area contributed by atoms with Gasteiger partial charge in [0, 0.05) is 17.5 Å². The van der Waals surface area contributed by atoms with Crippen LogP contribution in [0.25, 0.3) is 0 Å². The van der Waals surface area contributed by atoms with Crippen molar-refractivity contribution in [2.24, 2.45) is 5.92 Å². The molecule has 120 valence electrons. The Morgan fingerprint density at radius 3 is 2.18 bits per heavy atom. The van der Waals surface area contributed by atoms with Crippen molar-refractivity contribution in [3.8, 4) is 0 Å². The van der Waals surface area contributed by atoms with Gasteiger partial charge >= 0.3 is 0 Å². The molecule has 3 amide bonds. The van der Waals surface area contributed by atoms with Gasteiger partial charge < -0.3 is 5.32 Å². The molecule has 1 rings (SSSR count). The first-order chi connectivity index (χ1) is 10.3. The Labute approximate surface area is 134 Å². The number of halogens is 1. The van der Waals surface area contributed by atoms with Gasteiger partial charge in [-0.2, -0.15) is 0 Å². The van der Waals surface area contributed by atoms with Gasteiger partial charge in [-0.25, -0.2) is 0 Å². The number of carbonyl (C=O) groups excluding carboxylic acids is 3. The minimum Gasteiger partial charge on any atom is -0.340 e. The molecule has 3 N–H and O–H groups in total. The van der Waals surface area contributed by atoms with Crippen molar-refractivity contribution in [2.45, 2.75) is 33.2 Å². The molecule has 0 fully saturated rings. The van der Waals surface area contributed by atoms with Crippen LogP contribution in [-0.4, -0.2) is 23.8 Å². The van der Waals surface area contributed by atoms with Gasteiger partial charge in [0.1, 0.15) is 6.04 Å². The number of hydrogen-bond donors (Lipinski definition) is 3. The minimum atomic E-state index is -0.741. The van der Waals surface area contributed by atoms with E-state index in [-0.39, 0.29) is 17.7 Å². The van der Waals surface area contributed by atoms with E-state index >= 15 is 0 Å². The topological polar surface area (TPSA) is 87.3 Å². The van der Waals surface area contributed by atoms with E-state index in [9.17, 15) is 14.4 Å². The molecule has 1 unspecified atom stereocenters. The van der Waals surface area contributed by atoms with E-state index in [1.54, 1.807) is 24.3 Å². The summed E-state index contributed by atoms with van der Waals surface area (Å²) in [5.41, 5.74) is 4.90. The van der Waals surface area contributed by atoms with Crippen LogP contribution in [0, 0.1) is 5.92 Å². The molecule has 0 heterocycles. The number of hydrogen-bond acceptors (Lipinski definition) is 3. The summed E-state index contributed by atoms with van der Waals surface area (Å²) in [5, 5.41) is 3.19. The highest BCUT2D eigenvalue weighted by Crippen LogP contribution is 2.11. The van der Waals surface area contributed by atoms with Crippen molar-refractivity contribution < 1.29 is 14.4 Å². The molecule has 1 atom stereocenters. The van der Waals surface area contributed by atoms with Crippen molar-refractivity contribution in [3.05, 3.63) is 34.9 Å². The highest BCUT2D eigenvalue weighted by Gasteiger charge is 2.22. The Bertz CT molecular complexity index is 543. The Balaban J connectivity index is 2.75. The van der Waals surface area contributed by atoms with Crippen molar-refractivity contribution in [1.82, 2.24) is 16.2 Å². The molecule has 0 saturated carbocycles. The molecule has 6 nitrogen and oxygen atoms in total. The van der Waals surface area contributed by atoms with E-state index in [1.807, 2.05) is 13.8 Å². The molecule has 0 saturated heterocycles. The van der Waals surface area contributed by atoms with Crippen LogP contribution in [0.3, 0.4) is 0 Å². The summed E-state index contributed by atoms with van der Waals surface area (Å²) >= 11 is 5.78. The largest absolute Gasteiger partial charge is 0.340 e. The highest BCUT2D eigenvalue weighted by molar-refractivity contribution is 6.30. The number of benzene rings is 1. The van der Waals surface area contributed by atoms with Gasteiger partial charge in [-0.1, -0.05) is 25.4 Å². The summed E-state index contributed by atoms with van der Waals surface area (Å²) in [6.45, 7) is 5.16. The Hall–Kier alpha value is -2.08. The zero-order valence-corrected chi connectivity index (χ0v) is 13.5. The average Bonchev–Trinajstić information content (AvgIpc) is 2.44. The van der Waals surface area contributed by atoms with Crippen molar-refractivity contribution in [3.63, 3.8) is 0 Å². The molecule has 0 aromatic heterocycles. The van der Waals surface area contributed by atoms with Crippen molar-refractivity contribution >= 4 is 29.3 Å². The lowest BCUT2D eigenvalue weighted by atomic mass is 10.0. The molecule has 0 aliphatic carbocycles. The maximum Gasteiger partial charge on any atom is 0.260 e. The summed E-state index contributed by atoms with van der Waals surface area (Å²) in [5.74, 6) is -1.04. The van der Waals surface area contributed by atoms with E-state index in [4.69, 9.17) is 11.6 Å². The highest BCUT2D eigenvalue weighted by atomic mass is 35.5. The third kappa shape index (κ3) is 6.13. The fourth-order valence-corrected chi connectivity index (χ4v) is 1.91. The third-order valence-electron chi connectivity index (χ3n) is 2.80. The monoisotopic (exact) mass is 325 g/mol. The molecule has 0 spiro atoms. The van der Waals surface area contributed by atoms with Gasteiger partial charge in [-0.05, 0) is 36.6 Å². The molecule has 22 heavy (non-hydrogen) atoms. The van der Waals surface area contributed by atoms with Crippen LogP contribution in [0.1, 0.15) is 37.6 Å². The normalized spacial score (nSPS) is 11.7. The van der Waals surface area contributed by atoms with Crippen LogP contribution >= 0.6 is 11.6 Å². The molecule has 1 aromatic rings. The molecular formula is C15H20ClN3O3. The number of carbonyl (C=O) groups is 3. The zero-order valence-electron chi connectivity index (χ0n) is 12.8. The maximum atomic E-state index is 12.2. The lowest BCUT2D eigenvalue weighted by Gasteiger charge is -2.20. The predicted molar refractivity (Wildman–Crippen MR) is 84.1 cm³/mol. The first-order valence-electron chi connectivity index (χ1n) is 6.92. The fraction of sp³-hybridized carbons (Fsp3) is 0.400. The third-order valence-corrected chi connectivity index (χ3v) is 3.05. The molecule has 0 bridgehead atoms. The quantitative estimate of drug-likeness (QED) is 0.719. The van der Waals surface area contributed by atoms with Crippen LogP contribution in [-0.2, 0) is 9.59 Å². The van der Waals surface area contributed by atoms with Crippen molar-refractivity contribution in [1.29, 1.82) is 0 Å². The lowest BCUT2D eigenvalue weighted by molar-refractivity contribution is -0.129. The second kappa shape index (κ2) is 8.38. The van der Waals surface area contributed by atoms with E-state index < -0.39 is 11.9 Å².